The van der Waals surface area contributed by atoms with Crippen molar-refractivity contribution in [2.45, 2.75) is 36.1 Å². The molecule has 1 saturated carbocycles. The molecule has 0 unspecified atom stereocenters. The quantitative estimate of drug-likeness (QED) is 0.660. The van der Waals surface area contributed by atoms with Gasteiger partial charge in [-0.15, -0.1) is 11.8 Å². The Morgan fingerprint density at radius 1 is 1.50 bits per heavy atom. The summed E-state index contributed by atoms with van der Waals surface area (Å²) in [5.74, 6) is -0.424. The standard InChI is InChI=1S/C14H16FN3OS/c15-10-3-4-12(11(17)7-10)20-8-13(19)18-14(9-16)5-1-2-6-14/h3-4,7H,1-2,5-6,8,17H2,(H,18,19). The molecule has 3 N–H and O–H groups in total. The van der Waals surface area contributed by atoms with Gasteiger partial charge in [0, 0.05) is 10.6 Å². The van der Waals surface area contributed by atoms with Crippen LogP contribution in [0.25, 0.3) is 0 Å². The first kappa shape index (κ1) is 14.7. The van der Waals surface area contributed by atoms with Gasteiger partial charge in [0.1, 0.15) is 11.4 Å². The number of carbonyl (C=O) groups excluding carboxylic acids is 1. The van der Waals surface area contributed by atoms with Gasteiger partial charge in [-0.25, -0.2) is 4.39 Å². The largest absolute Gasteiger partial charge is 0.398 e. The zero-order chi connectivity index (χ0) is 14.6. The zero-order valence-electron chi connectivity index (χ0n) is 11.0. The maximum Gasteiger partial charge on any atom is 0.231 e. The molecule has 1 aliphatic rings. The lowest BCUT2D eigenvalue weighted by Gasteiger charge is -2.21. The molecule has 0 heterocycles. The normalized spacial score (nSPS) is 16.6. The van der Waals surface area contributed by atoms with Gasteiger partial charge in [-0.1, -0.05) is 0 Å². The number of amides is 1. The predicted octanol–water partition coefficient (Wildman–Crippen LogP) is 2.45. The van der Waals surface area contributed by atoms with Gasteiger partial charge in [-0.3, -0.25) is 4.79 Å². The van der Waals surface area contributed by atoms with Gasteiger partial charge in [0.25, 0.3) is 0 Å². The van der Waals surface area contributed by atoms with Gasteiger partial charge in [0.05, 0.1) is 11.8 Å². The lowest BCUT2D eigenvalue weighted by atomic mass is 10.0. The molecule has 0 saturated heterocycles. The third-order valence-electron chi connectivity index (χ3n) is 3.38. The van der Waals surface area contributed by atoms with E-state index in [1.54, 1.807) is 6.07 Å². The van der Waals surface area contributed by atoms with Crippen LogP contribution in [-0.4, -0.2) is 17.2 Å². The summed E-state index contributed by atoms with van der Waals surface area (Å²) in [4.78, 5) is 12.6. The molecule has 0 atom stereocenters. The lowest BCUT2D eigenvalue weighted by molar-refractivity contribution is -0.119. The Labute approximate surface area is 121 Å². The molecule has 6 heteroatoms. The van der Waals surface area contributed by atoms with E-state index in [1.165, 1.54) is 23.9 Å². The van der Waals surface area contributed by atoms with Gasteiger partial charge < -0.3 is 11.1 Å². The molecule has 0 spiro atoms. The molecule has 0 radical (unpaired) electrons. The fourth-order valence-electron chi connectivity index (χ4n) is 2.34. The van der Waals surface area contributed by atoms with Crippen molar-refractivity contribution in [3.63, 3.8) is 0 Å². The lowest BCUT2D eigenvalue weighted by Crippen LogP contribution is -2.45. The summed E-state index contributed by atoms with van der Waals surface area (Å²) < 4.78 is 12.9. The maximum atomic E-state index is 12.9. The third kappa shape index (κ3) is 3.42. The van der Waals surface area contributed by atoms with Gasteiger partial charge in [0.2, 0.25) is 5.91 Å². The first-order valence-electron chi connectivity index (χ1n) is 6.45. The molecule has 1 fully saturated rings. The Balaban J connectivity index is 1.91. The summed E-state index contributed by atoms with van der Waals surface area (Å²) in [7, 11) is 0. The van der Waals surface area contributed by atoms with Crippen molar-refractivity contribution in [2.75, 3.05) is 11.5 Å². The number of halogens is 1. The molecule has 4 nitrogen and oxygen atoms in total. The molecule has 106 valence electrons. The summed E-state index contributed by atoms with van der Waals surface area (Å²) in [5.41, 5.74) is 5.29. The highest BCUT2D eigenvalue weighted by molar-refractivity contribution is 8.00. The van der Waals surface area contributed by atoms with Gasteiger partial charge in [0.15, 0.2) is 0 Å². The van der Waals surface area contributed by atoms with E-state index in [1.807, 2.05) is 0 Å². The zero-order valence-corrected chi connectivity index (χ0v) is 11.8. The van der Waals surface area contributed by atoms with Crippen LogP contribution in [0.1, 0.15) is 25.7 Å². The van der Waals surface area contributed by atoms with E-state index in [2.05, 4.69) is 11.4 Å². The number of anilines is 1. The van der Waals surface area contributed by atoms with E-state index < -0.39 is 11.4 Å². The molecular weight excluding hydrogens is 277 g/mol. The number of nitrogen functional groups attached to an aromatic ring is 1. The average Bonchev–Trinajstić information content (AvgIpc) is 2.87. The van der Waals surface area contributed by atoms with Crippen LogP contribution in [0.3, 0.4) is 0 Å². The summed E-state index contributed by atoms with van der Waals surface area (Å²) in [5, 5.41) is 12.0. The number of hydrogen-bond acceptors (Lipinski definition) is 4. The first-order valence-corrected chi connectivity index (χ1v) is 7.43. The van der Waals surface area contributed by atoms with Gasteiger partial charge >= 0.3 is 0 Å². The van der Waals surface area contributed by atoms with Crippen molar-refractivity contribution in [1.29, 1.82) is 5.26 Å². The number of benzene rings is 1. The molecule has 0 aromatic heterocycles. The highest BCUT2D eigenvalue weighted by Crippen LogP contribution is 2.30. The fraction of sp³-hybridized carbons (Fsp3) is 0.429. The Kier molecular flexibility index (Phi) is 4.50. The minimum Gasteiger partial charge on any atom is -0.398 e. The maximum absolute atomic E-state index is 12.9. The van der Waals surface area contributed by atoms with Gasteiger partial charge in [-0.05, 0) is 43.9 Å². The first-order chi connectivity index (χ1) is 9.54. The minimum atomic E-state index is -0.702. The van der Waals surface area contributed by atoms with Crippen LogP contribution in [0, 0.1) is 17.1 Å². The number of rotatable bonds is 4. The second kappa shape index (κ2) is 6.14. The molecule has 0 bridgehead atoms. The molecule has 20 heavy (non-hydrogen) atoms. The monoisotopic (exact) mass is 293 g/mol. The summed E-state index contributed by atoms with van der Waals surface area (Å²) in [6.07, 6.45) is 3.34. The number of carbonyl (C=O) groups is 1. The van der Waals surface area contributed by atoms with Crippen molar-refractivity contribution < 1.29 is 9.18 Å². The summed E-state index contributed by atoms with van der Waals surface area (Å²) in [6, 6.07) is 6.30. The van der Waals surface area contributed by atoms with Crippen LogP contribution in [-0.2, 0) is 4.79 Å². The molecule has 1 aliphatic carbocycles. The second-order valence-electron chi connectivity index (χ2n) is 4.92. The van der Waals surface area contributed by atoms with Crippen molar-refractivity contribution in [3.05, 3.63) is 24.0 Å². The highest BCUT2D eigenvalue weighted by Gasteiger charge is 2.35. The molecule has 1 aromatic carbocycles. The number of thioether (sulfide) groups is 1. The molecule has 2 rings (SSSR count). The van der Waals surface area contributed by atoms with E-state index in [0.29, 0.717) is 23.4 Å². The van der Waals surface area contributed by atoms with E-state index in [0.717, 1.165) is 12.8 Å². The molecular formula is C14H16FN3OS. The van der Waals surface area contributed by atoms with Crippen LogP contribution in [0.4, 0.5) is 10.1 Å². The fourth-order valence-corrected chi connectivity index (χ4v) is 3.09. The third-order valence-corrected chi connectivity index (χ3v) is 4.47. The van der Waals surface area contributed by atoms with E-state index in [4.69, 9.17) is 5.73 Å². The Bertz CT molecular complexity index is 550. The smallest absolute Gasteiger partial charge is 0.231 e. The Hall–Kier alpha value is -1.74. The Morgan fingerprint density at radius 2 is 2.20 bits per heavy atom. The number of nitrogens with zero attached hydrogens (tertiary/aromatic N) is 1. The topological polar surface area (TPSA) is 78.9 Å². The number of nitrogens with one attached hydrogen (secondary N) is 1. The number of nitriles is 1. The molecule has 1 amide bonds. The second-order valence-corrected chi connectivity index (χ2v) is 5.94. The van der Waals surface area contributed by atoms with Crippen LogP contribution in [0.5, 0.6) is 0 Å². The predicted molar refractivity (Wildman–Crippen MR) is 76.5 cm³/mol. The van der Waals surface area contributed by atoms with E-state index in [-0.39, 0.29) is 11.7 Å². The summed E-state index contributed by atoms with van der Waals surface area (Å²) >= 11 is 1.24. The average molecular weight is 293 g/mol. The van der Waals surface area contributed by atoms with Gasteiger partial charge in [-0.2, -0.15) is 5.26 Å². The SMILES string of the molecule is N#CC1(NC(=O)CSc2ccc(F)cc2N)CCCC1. The highest BCUT2D eigenvalue weighted by atomic mass is 32.2. The molecule has 0 aliphatic heterocycles. The van der Waals surface area contributed by atoms with Crippen LogP contribution in [0.2, 0.25) is 0 Å². The number of nitrogens with two attached hydrogens (primary N) is 1. The van der Waals surface area contributed by atoms with E-state index in [9.17, 15) is 14.4 Å². The summed E-state index contributed by atoms with van der Waals surface area (Å²) in [6.45, 7) is 0. The molecule has 1 aromatic rings. The van der Waals surface area contributed by atoms with Crippen molar-refractivity contribution in [3.8, 4) is 6.07 Å². The van der Waals surface area contributed by atoms with Crippen LogP contribution >= 0.6 is 11.8 Å². The van der Waals surface area contributed by atoms with Crippen molar-refractivity contribution in [2.24, 2.45) is 0 Å². The van der Waals surface area contributed by atoms with Crippen LogP contribution < -0.4 is 11.1 Å². The van der Waals surface area contributed by atoms with E-state index >= 15 is 0 Å². The van der Waals surface area contributed by atoms with Crippen LogP contribution in [0.15, 0.2) is 23.1 Å². The number of hydrogen-bond donors (Lipinski definition) is 2. The van der Waals surface area contributed by atoms with Crippen molar-refractivity contribution >= 4 is 23.4 Å². The minimum absolute atomic E-state index is 0.166. The Morgan fingerprint density at radius 3 is 2.80 bits per heavy atom. The van der Waals surface area contributed by atoms with Crippen molar-refractivity contribution in [1.82, 2.24) is 5.32 Å².